The first-order chi connectivity index (χ1) is 12.5. The average Bonchev–Trinajstić information content (AvgIpc) is 2.65. The quantitative estimate of drug-likeness (QED) is 0.808. The molecule has 26 heavy (non-hydrogen) atoms. The van der Waals surface area contributed by atoms with Crippen LogP contribution in [0.1, 0.15) is 29.8 Å². The van der Waals surface area contributed by atoms with Crippen LogP contribution in [0.2, 0.25) is 0 Å². The number of fused-ring (bicyclic) bond motifs is 1. The zero-order valence-electron chi connectivity index (χ0n) is 14.0. The molecule has 2 heterocycles. The lowest BCUT2D eigenvalue weighted by molar-refractivity contribution is -0.143. The van der Waals surface area contributed by atoms with Crippen molar-refractivity contribution in [3.63, 3.8) is 0 Å². The van der Waals surface area contributed by atoms with E-state index >= 15 is 0 Å². The molecule has 1 aliphatic heterocycles. The Balaban J connectivity index is 1.69. The summed E-state index contributed by atoms with van der Waals surface area (Å²) < 4.78 is 10.3. The molecule has 2 aromatic rings. The summed E-state index contributed by atoms with van der Waals surface area (Å²) in [5.41, 5.74) is 5.19. The molecule has 0 spiro atoms. The van der Waals surface area contributed by atoms with Crippen molar-refractivity contribution in [2.24, 2.45) is 5.73 Å². The van der Waals surface area contributed by atoms with Crippen molar-refractivity contribution in [3.8, 4) is 0 Å². The van der Waals surface area contributed by atoms with Gasteiger partial charge in [0, 0.05) is 12.6 Å². The van der Waals surface area contributed by atoms with E-state index in [0.29, 0.717) is 18.4 Å². The average molecular weight is 358 g/mol. The molecular weight excluding hydrogens is 340 g/mol. The second-order valence-electron chi connectivity index (χ2n) is 6.05. The number of nitrogens with zero attached hydrogens (tertiary/aromatic N) is 1. The first-order valence-corrected chi connectivity index (χ1v) is 8.26. The Labute approximate surface area is 148 Å². The number of nitrogens with two attached hydrogens (primary N) is 1. The summed E-state index contributed by atoms with van der Waals surface area (Å²) in [4.78, 5) is 49.2. The van der Waals surface area contributed by atoms with E-state index in [-0.39, 0.29) is 16.8 Å². The number of esters is 1. The molecule has 1 aromatic carbocycles. The maximum absolute atomic E-state index is 12.3. The van der Waals surface area contributed by atoms with Crippen LogP contribution in [0.4, 0.5) is 0 Å². The van der Waals surface area contributed by atoms with E-state index in [1.54, 1.807) is 24.3 Å². The fraction of sp³-hybridized carbons (Fsp3) is 0.333. The second-order valence-corrected chi connectivity index (χ2v) is 6.05. The van der Waals surface area contributed by atoms with Gasteiger partial charge in [0.1, 0.15) is 11.6 Å². The van der Waals surface area contributed by atoms with Crippen LogP contribution in [0.3, 0.4) is 0 Å². The van der Waals surface area contributed by atoms with Crippen molar-refractivity contribution < 1.29 is 23.5 Å². The summed E-state index contributed by atoms with van der Waals surface area (Å²) in [6.07, 6.45) is 2.05. The van der Waals surface area contributed by atoms with E-state index in [1.807, 2.05) is 0 Å². The third-order valence-corrected chi connectivity index (χ3v) is 4.31. The minimum atomic E-state index is -0.922. The lowest BCUT2D eigenvalue weighted by Crippen LogP contribution is -2.51. The van der Waals surface area contributed by atoms with Gasteiger partial charge < -0.3 is 19.8 Å². The minimum absolute atomic E-state index is 0.253. The predicted octanol–water partition coefficient (Wildman–Crippen LogP) is 0.816. The van der Waals surface area contributed by atoms with Gasteiger partial charge in [-0.05, 0) is 31.4 Å². The Bertz CT molecular complexity index is 919. The van der Waals surface area contributed by atoms with Crippen molar-refractivity contribution in [3.05, 3.63) is 46.3 Å². The van der Waals surface area contributed by atoms with E-state index < -0.39 is 30.4 Å². The monoisotopic (exact) mass is 358 g/mol. The zero-order chi connectivity index (χ0) is 18.7. The normalized spacial score (nSPS) is 17.1. The molecule has 0 unspecified atom stereocenters. The highest BCUT2D eigenvalue weighted by Gasteiger charge is 2.31. The summed E-state index contributed by atoms with van der Waals surface area (Å²) in [6, 6.07) is 6.84. The Kier molecular flexibility index (Phi) is 5.01. The van der Waals surface area contributed by atoms with Crippen molar-refractivity contribution >= 4 is 28.8 Å². The first-order valence-electron chi connectivity index (χ1n) is 8.26. The highest BCUT2D eigenvalue weighted by molar-refractivity contribution is 5.92. The Morgan fingerprint density at radius 2 is 2.00 bits per heavy atom. The third kappa shape index (κ3) is 3.58. The van der Waals surface area contributed by atoms with Gasteiger partial charge in [0.2, 0.25) is 11.7 Å². The lowest BCUT2D eigenvalue weighted by Gasteiger charge is -2.33. The Morgan fingerprint density at radius 1 is 1.23 bits per heavy atom. The summed E-state index contributed by atoms with van der Waals surface area (Å²) >= 11 is 0. The maximum Gasteiger partial charge on any atom is 0.374 e. The number of piperidine rings is 1. The predicted molar refractivity (Wildman–Crippen MR) is 91.3 cm³/mol. The van der Waals surface area contributed by atoms with Gasteiger partial charge in [-0.15, -0.1) is 0 Å². The molecule has 1 aromatic heterocycles. The van der Waals surface area contributed by atoms with Crippen LogP contribution >= 0.6 is 0 Å². The van der Waals surface area contributed by atoms with E-state index in [2.05, 4.69) is 0 Å². The smallest absolute Gasteiger partial charge is 0.374 e. The summed E-state index contributed by atoms with van der Waals surface area (Å²) in [5.74, 6) is -2.30. The number of benzene rings is 1. The highest BCUT2D eigenvalue weighted by Crippen LogP contribution is 2.17. The molecular formula is C18H18N2O6. The molecule has 3 rings (SSSR count). The van der Waals surface area contributed by atoms with Gasteiger partial charge in [-0.1, -0.05) is 12.1 Å². The number of amides is 2. The molecule has 1 fully saturated rings. The molecule has 1 aliphatic rings. The Morgan fingerprint density at radius 3 is 2.77 bits per heavy atom. The van der Waals surface area contributed by atoms with Gasteiger partial charge in [-0.25, -0.2) is 4.79 Å². The van der Waals surface area contributed by atoms with Crippen LogP contribution in [0, 0.1) is 0 Å². The van der Waals surface area contributed by atoms with E-state index in [4.69, 9.17) is 14.9 Å². The SMILES string of the molecule is NC(=O)[C@@H]1CCCCN1C(=O)COC(=O)c1cc(=O)c2ccccc2o1. The number of hydrogen-bond donors (Lipinski definition) is 1. The van der Waals surface area contributed by atoms with Crippen molar-refractivity contribution in [2.45, 2.75) is 25.3 Å². The Hall–Kier alpha value is -3.16. The third-order valence-electron chi connectivity index (χ3n) is 4.31. The van der Waals surface area contributed by atoms with E-state index in [9.17, 15) is 19.2 Å². The fourth-order valence-corrected chi connectivity index (χ4v) is 3.01. The highest BCUT2D eigenvalue weighted by atomic mass is 16.5. The number of rotatable bonds is 4. The minimum Gasteiger partial charge on any atom is -0.450 e. The summed E-state index contributed by atoms with van der Waals surface area (Å²) in [6.45, 7) is -0.172. The molecule has 0 bridgehead atoms. The van der Waals surface area contributed by atoms with Gasteiger partial charge in [-0.3, -0.25) is 14.4 Å². The van der Waals surface area contributed by atoms with Gasteiger partial charge >= 0.3 is 5.97 Å². The molecule has 0 radical (unpaired) electrons. The summed E-state index contributed by atoms with van der Waals surface area (Å²) in [7, 11) is 0. The summed E-state index contributed by atoms with van der Waals surface area (Å²) in [5, 5.41) is 0.345. The van der Waals surface area contributed by atoms with Crippen LogP contribution in [-0.2, 0) is 14.3 Å². The number of para-hydroxylation sites is 1. The second kappa shape index (κ2) is 7.38. The van der Waals surface area contributed by atoms with Crippen molar-refractivity contribution in [1.82, 2.24) is 4.90 Å². The molecule has 0 saturated carbocycles. The van der Waals surface area contributed by atoms with Gasteiger partial charge in [-0.2, -0.15) is 0 Å². The molecule has 8 nitrogen and oxygen atoms in total. The fourth-order valence-electron chi connectivity index (χ4n) is 3.01. The largest absolute Gasteiger partial charge is 0.450 e. The van der Waals surface area contributed by atoms with Crippen molar-refractivity contribution in [1.29, 1.82) is 0 Å². The lowest BCUT2D eigenvalue weighted by atomic mass is 10.0. The van der Waals surface area contributed by atoms with Crippen LogP contribution in [0.25, 0.3) is 11.0 Å². The molecule has 2 amide bonds. The van der Waals surface area contributed by atoms with Crippen LogP contribution < -0.4 is 11.2 Å². The number of primary amides is 1. The first kappa shape index (κ1) is 17.7. The van der Waals surface area contributed by atoms with Gasteiger partial charge in [0.15, 0.2) is 12.0 Å². The van der Waals surface area contributed by atoms with Crippen molar-refractivity contribution in [2.75, 3.05) is 13.2 Å². The van der Waals surface area contributed by atoms with Crippen LogP contribution in [-0.4, -0.2) is 41.9 Å². The number of hydrogen-bond acceptors (Lipinski definition) is 6. The standard InChI is InChI=1S/C18H18N2O6/c19-17(23)12-6-3-4-8-20(12)16(22)10-25-18(24)15-9-13(21)11-5-1-2-7-14(11)26-15/h1-2,5,7,9,12H,3-4,6,8,10H2,(H2,19,23)/t12-/m0/s1. The zero-order valence-corrected chi connectivity index (χ0v) is 14.0. The molecule has 1 atom stereocenters. The van der Waals surface area contributed by atoms with Gasteiger partial charge in [0.05, 0.1) is 5.39 Å². The van der Waals surface area contributed by atoms with E-state index in [1.165, 1.54) is 4.90 Å². The molecule has 8 heteroatoms. The molecule has 2 N–H and O–H groups in total. The van der Waals surface area contributed by atoms with E-state index in [0.717, 1.165) is 18.9 Å². The van der Waals surface area contributed by atoms with Crippen LogP contribution in [0.5, 0.6) is 0 Å². The molecule has 0 aliphatic carbocycles. The van der Waals surface area contributed by atoms with Crippen LogP contribution in [0.15, 0.2) is 39.5 Å². The molecule has 136 valence electrons. The van der Waals surface area contributed by atoms with Gasteiger partial charge in [0.25, 0.3) is 5.91 Å². The number of carbonyl (C=O) groups is 3. The maximum atomic E-state index is 12.3. The molecule has 1 saturated heterocycles. The number of carbonyl (C=O) groups excluding carboxylic acids is 3. The number of ether oxygens (including phenoxy) is 1. The number of likely N-dealkylation sites (tertiary alicyclic amines) is 1. The topological polar surface area (TPSA) is 120 Å².